The Hall–Kier alpha value is -2.28. The van der Waals surface area contributed by atoms with Crippen LogP contribution in [0.15, 0.2) is 18.2 Å². The van der Waals surface area contributed by atoms with Gasteiger partial charge in [-0.2, -0.15) is 0 Å². The molecule has 0 atom stereocenters. The van der Waals surface area contributed by atoms with Crippen molar-refractivity contribution >= 4 is 11.8 Å². The Morgan fingerprint density at radius 3 is 2.93 bits per heavy atom. The molecule has 1 heterocycles. The van der Waals surface area contributed by atoms with Crippen LogP contribution in [-0.4, -0.2) is 55.6 Å². The van der Waals surface area contributed by atoms with Gasteiger partial charge in [-0.3, -0.25) is 14.5 Å². The lowest BCUT2D eigenvalue weighted by atomic mass is 10.1. The summed E-state index contributed by atoms with van der Waals surface area (Å²) in [4.78, 5) is 26.6. The van der Waals surface area contributed by atoms with E-state index >= 15 is 0 Å². The van der Waals surface area contributed by atoms with Crippen molar-refractivity contribution in [1.82, 2.24) is 15.5 Å². The fourth-order valence-electron chi connectivity index (χ4n) is 3.30. The smallest absolute Gasteiger partial charge is 0.234 e. The van der Waals surface area contributed by atoms with Gasteiger partial charge in [0.25, 0.3) is 0 Å². The molecule has 1 fully saturated rings. The van der Waals surface area contributed by atoms with Crippen LogP contribution in [0.3, 0.4) is 0 Å². The summed E-state index contributed by atoms with van der Waals surface area (Å²) in [6, 6.07) is 6.10. The summed E-state index contributed by atoms with van der Waals surface area (Å²) in [6.07, 6.45) is 4.90. The highest BCUT2D eigenvalue weighted by atomic mass is 16.5. The monoisotopic (exact) mass is 389 g/mol. The van der Waals surface area contributed by atoms with Crippen molar-refractivity contribution in [3.05, 3.63) is 23.8 Å². The Balaban J connectivity index is 1.79. The Morgan fingerprint density at radius 1 is 1.29 bits per heavy atom. The number of amides is 2. The largest absolute Gasteiger partial charge is 0.490 e. The van der Waals surface area contributed by atoms with E-state index in [2.05, 4.69) is 10.6 Å². The van der Waals surface area contributed by atoms with Crippen LogP contribution in [0.4, 0.5) is 0 Å². The molecule has 1 aromatic rings. The number of carbonyl (C=O) groups excluding carboxylic acids is 2. The molecule has 3 rings (SSSR count). The number of fused-ring (bicyclic) bond motifs is 1. The van der Waals surface area contributed by atoms with Gasteiger partial charge in [-0.25, -0.2) is 0 Å². The van der Waals surface area contributed by atoms with Gasteiger partial charge in [-0.1, -0.05) is 12.1 Å². The van der Waals surface area contributed by atoms with E-state index in [9.17, 15) is 9.59 Å². The summed E-state index contributed by atoms with van der Waals surface area (Å²) in [5.41, 5.74) is 0.928. The van der Waals surface area contributed by atoms with Gasteiger partial charge >= 0.3 is 0 Å². The van der Waals surface area contributed by atoms with E-state index in [4.69, 9.17) is 9.47 Å². The van der Waals surface area contributed by atoms with Crippen molar-refractivity contribution in [2.24, 2.45) is 0 Å². The number of carbonyl (C=O) groups is 2. The third kappa shape index (κ3) is 6.41. The van der Waals surface area contributed by atoms with Crippen LogP contribution >= 0.6 is 0 Å². The van der Waals surface area contributed by atoms with Gasteiger partial charge in [0.2, 0.25) is 11.8 Å². The second-order valence-electron chi connectivity index (χ2n) is 7.42. The van der Waals surface area contributed by atoms with E-state index in [0.717, 1.165) is 43.4 Å². The fraction of sp³-hybridized carbons (Fsp3) is 0.619. The number of nitrogens with zero attached hydrogens (tertiary/aromatic N) is 1. The van der Waals surface area contributed by atoms with Crippen LogP contribution in [0.1, 0.15) is 44.6 Å². The van der Waals surface area contributed by atoms with Crippen molar-refractivity contribution in [1.29, 1.82) is 0 Å². The third-order valence-corrected chi connectivity index (χ3v) is 4.82. The maximum absolute atomic E-state index is 12.4. The van der Waals surface area contributed by atoms with Crippen LogP contribution in [0, 0.1) is 0 Å². The van der Waals surface area contributed by atoms with Gasteiger partial charge in [0, 0.05) is 24.7 Å². The number of hydrogen-bond donors (Lipinski definition) is 2. The molecule has 28 heavy (non-hydrogen) atoms. The molecular weight excluding hydrogens is 358 g/mol. The van der Waals surface area contributed by atoms with E-state index in [-0.39, 0.29) is 24.9 Å². The molecule has 0 radical (unpaired) electrons. The van der Waals surface area contributed by atoms with Gasteiger partial charge in [0.05, 0.1) is 26.3 Å². The van der Waals surface area contributed by atoms with E-state index < -0.39 is 0 Å². The molecule has 7 heteroatoms. The predicted octanol–water partition coefficient (Wildman–Crippen LogP) is 1.84. The van der Waals surface area contributed by atoms with E-state index in [1.807, 2.05) is 30.0 Å². The summed E-state index contributed by atoms with van der Waals surface area (Å²) < 4.78 is 11.8. The Kier molecular flexibility index (Phi) is 7.54. The first-order chi connectivity index (χ1) is 13.7. The Labute approximate surface area is 166 Å². The first kappa shape index (κ1) is 20.5. The molecule has 0 spiro atoms. The van der Waals surface area contributed by atoms with Crippen molar-refractivity contribution in [3.63, 3.8) is 0 Å². The lowest BCUT2D eigenvalue weighted by Gasteiger charge is -2.23. The maximum Gasteiger partial charge on any atom is 0.234 e. The minimum Gasteiger partial charge on any atom is -0.490 e. The molecule has 7 nitrogen and oxygen atoms in total. The van der Waals surface area contributed by atoms with E-state index in [1.165, 1.54) is 0 Å². The van der Waals surface area contributed by atoms with Crippen LogP contribution in [0.25, 0.3) is 0 Å². The standard InChI is InChI=1S/C21H31N3O4/c1-2-27-18-8-6-7-16-13-24(15-20(26)23-17-9-10-17)14-19(25)22-11-4-3-5-12-28-21(16)18/h6-8,17H,2-5,9-15H2,1H3,(H,22,25)(H,23,26). The molecule has 0 aromatic heterocycles. The van der Waals surface area contributed by atoms with E-state index in [1.54, 1.807) is 0 Å². The minimum atomic E-state index is -0.0538. The Morgan fingerprint density at radius 2 is 2.14 bits per heavy atom. The molecule has 1 aliphatic carbocycles. The maximum atomic E-state index is 12.4. The second kappa shape index (κ2) is 10.3. The second-order valence-corrected chi connectivity index (χ2v) is 7.42. The third-order valence-electron chi connectivity index (χ3n) is 4.82. The quantitative estimate of drug-likeness (QED) is 0.803. The lowest BCUT2D eigenvalue weighted by Crippen LogP contribution is -2.43. The minimum absolute atomic E-state index is 0.0388. The molecule has 154 valence electrons. The number of benzene rings is 1. The molecule has 1 aliphatic heterocycles. The highest BCUT2D eigenvalue weighted by Gasteiger charge is 2.25. The van der Waals surface area contributed by atoms with Gasteiger partial charge in [0.15, 0.2) is 11.5 Å². The highest BCUT2D eigenvalue weighted by molar-refractivity contribution is 5.81. The zero-order chi connectivity index (χ0) is 19.8. The topological polar surface area (TPSA) is 79.9 Å². The van der Waals surface area contributed by atoms with Crippen molar-refractivity contribution < 1.29 is 19.1 Å². The van der Waals surface area contributed by atoms with Gasteiger partial charge in [-0.15, -0.1) is 0 Å². The summed E-state index contributed by atoms with van der Waals surface area (Å²) in [5.74, 6) is 1.34. The Bertz CT molecular complexity index is 676. The zero-order valence-corrected chi connectivity index (χ0v) is 16.7. The first-order valence-corrected chi connectivity index (χ1v) is 10.3. The number of rotatable bonds is 5. The van der Waals surface area contributed by atoms with Gasteiger partial charge in [-0.05, 0) is 45.1 Å². The van der Waals surface area contributed by atoms with Crippen molar-refractivity contribution in [3.8, 4) is 11.5 Å². The van der Waals surface area contributed by atoms with Crippen LogP contribution < -0.4 is 20.1 Å². The highest BCUT2D eigenvalue weighted by Crippen LogP contribution is 2.32. The molecule has 0 bridgehead atoms. The fourth-order valence-corrected chi connectivity index (χ4v) is 3.30. The molecule has 1 saturated carbocycles. The summed E-state index contributed by atoms with van der Waals surface area (Å²) in [7, 11) is 0. The molecular formula is C21H31N3O4. The SMILES string of the molecule is CCOc1cccc2c1OCCCCCNC(=O)CN(CC(=O)NC1CC1)C2. The lowest BCUT2D eigenvalue weighted by molar-refractivity contribution is -0.125. The molecule has 0 unspecified atom stereocenters. The number of para-hydroxylation sites is 1. The molecule has 2 amide bonds. The molecule has 0 saturated heterocycles. The number of nitrogens with one attached hydrogen (secondary N) is 2. The summed E-state index contributed by atoms with van der Waals surface area (Å²) in [6.45, 7) is 4.55. The summed E-state index contributed by atoms with van der Waals surface area (Å²) in [5, 5.41) is 5.95. The first-order valence-electron chi connectivity index (χ1n) is 10.3. The summed E-state index contributed by atoms with van der Waals surface area (Å²) >= 11 is 0. The predicted molar refractivity (Wildman–Crippen MR) is 106 cm³/mol. The van der Waals surface area contributed by atoms with Crippen LogP contribution in [-0.2, 0) is 16.1 Å². The van der Waals surface area contributed by atoms with Crippen molar-refractivity contribution in [2.75, 3.05) is 32.8 Å². The molecule has 2 N–H and O–H groups in total. The molecule has 2 aliphatic rings. The zero-order valence-electron chi connectivity index (χ0n) is 16.7. The van der Waals surface area contributed by atoms with Gasteiger partial charge < -0.3 is 20.1 Å². The van der Waals surface area contributed by atoms with Crippen LogP contribution in [0.5, 0.6) is 11.5 Å². The molecule has 1 aromatic carbocycles. The normalized spacial score (nSPS) is 19.1. The van der Waals surface area contributed by atoms with E-state index in [0.29, 0.717) is 38.1 Å². The average Bonchev–Trinajstić information content (AvgIpc) is 3.45. The number of ether oxygens (including phenoxy) is 2. The van der Waals surface area contributed by atoms with Crippen molar-refractivity contribution in [2.45, 2.75) is 51.6 Å². The van der Waals surface area contributed by atoms with Gasteiger partial charge in [0.1, 0.15) is 0 Å². The number of hydrogen-bond acceptors (Lipinski definition) is 5. The van der Waals surface area contributed by atoms with Crippen LogP contribution in [0.2, 0.25) is 0 Å². The average molecular weight is 389 g/mol.